The third kappa shape index (κ3) is 2.72. The van der Waals surface area contributed by atoms with Crippen LogP contribution < -0.4 is 5.73 Å². The first-order chi connectivity index (χ1) is 10.2. The van der Waals surface area contributed by atoms with E-state index in [9.17, 15) is 0 Å². The molecule has 1 unspecified atom stereocenters. The van der Waals surface area contributed by atoms with Crippen LogP contribution in [0.5, 0.6) is 0 Å². The van der Waals surface area contributed by atoms with E-state index >= 15 is 0 Å². The van der Waals surface area contributed by atoms with Crippen molar-refractivity contribution in [3.8, 4) is 0 Å². The van der Waals surface area contributed by atoms with Crippen molar-refractivity contribution in [1.29, 1.82) is 0 Å². The zero-order valence-corrected chi connectivity index (χ0v) is 13.1. The molecule has 21 heavy (non-hydrogen) atoms. The minimum absolute atomic E-state index is 0.121. The van der Waals surface area contributed by atoms with Crippen LogP contribution in [0.3, 0.4) is 0 Å². The number of thiazole rings is 1. The molecule has 0 aliphatic carbocycles. The molecule has 0 aliphatic rings. The Bertz CT molecular complexity index is 720. The molecule has 0 spiro atoms. The minimum atomic E-state index is 0.121. The van der Waals surface area contributed by atoms with Crippen molar-refractivity contribution < 1.29 is 4.42 Å². The average molecular weight is 301 g/mol. The molecule has 0 aliphatic heterocycles. The van der Waals surface area contributed by atoms with Crippen LogP contribution in [0.25, 0.3) is 11.0 Å². The van der Waals surface area contributed by atoms with Crippen molar-refractivity contribution in [3.05, 3.63) is 52.2 Å². The lowest BCUT2D eigenvalue weighted by molar-refractivity contribution is 0.238. The fourth-order valence-corrected chi connectivity index (χ4v) is 3.35. The molecule has 5 heteroatoms. The molecule has 1 atom stereocenters. The van der Waals surface area contributed by atoms with Crippen LogP contribution in [0, 0.1) is 6.92 Å². The normalized spacial score (nSPS) is 13.1. The van der Waals surface area contributed by atoms with Crippen molar-refractivity contribution in [2.45, 2.75) is 19.5 Å². The van der Waals surface area contributed by atoms with E-state index in [2.05, 4.69) is 28.4 Å². The molecule has 3 rings (SSSR count). The number of para-hydroxylation sites is 1. The predicted molar refractivity (Wildman–Crippen MR) is 86.3 cm³/mol. The number of aryl methyl sites for hydroxylation is 1. The summed E-state index contributed by atoms with van der Waals surface area (Å²) in [5, 5.41) is 3.22. The van der Waals surface area contributed by atoms with Gasteiger partial charge in [0.05, 0.1) is 17.2 Å². The molecular formula is C16H19N3OS. The first-order valence-electron chi connectivity index (χ1n) is 6.96. The van der Waals surface area contributed by atoms with Gasteiger partial charge in [-0.2, -0.15) is 0 Å². The lowest BCUT2D eigenvalue weighted by Gasteiger charge is -2.26. The highest BCUT2D eigenvalue weighted by Gasteiger charge is 2.23. The van der Waals surface area contributed by atoms with Crippen molar-refractivity contribution >= 4 is 22.3 Å². The Hall–Kier alpha value is -1.69. The molecule has 0 amide bonds. The second-order valence-electron chi connectivity index (χ2n) is 5.21. The maximum Gasteiger partial charge on any atom is 0.134 e. The topological polar surface area (TPSA) is 55.3 Å². The first kappa shape index (κ1) is 14.3. The summed E-state index contributed by atoms with van der Waals surface area (Å²) >= 11 is 1.62. The minimum Gasteiger partial charge on any atom is -0.461 e. The molecule has 0 fully saturated rings. The molecule has 4 nitrogen and oxygen atoms in total. The summed E-state index contributed by atoms with van der Waals surface area (Å²) in [6, 6.07) is 8.25. The molecule has 0 saturated heterocycles. The van der Waals surface area contributed by atoms with Gasteiger partial charge in [-0.25, -0.2) is 4.98 Å². The van der Waals surface area contributed by atoms with E-state index < -0.39 is 0 Å². The zero-order valence-electron chi connectivity index (χ0n) is 12.2. The van der Waals surface area contributed by atoms with Gasteiger partial charge in [-0.3, -0.25) is 4.90 Å². The molecule has 1 aromatic carbocycles. The van der Waals surface area contributed by atoms with Crippen LogP contribution in [0.1, 0.15) is 23.1 Å². The Balaban J connectivity index is 1.96. The van der Waals surface area contributed by atoms with Crippen LogP contribution >= 0.6 is 11.3 Å². The summed E-state index contributed by atoms with van der Waals surface area (Å²) in [4.78, 5) is 6.59. The van der Waals surface area contributed by atoms with Crippen molar-refractivity contribution in [3.63, 3.8) is 0 Å². The highest BCUT2D eigenvalue weighted by Crippen LogP contribution is 2.33. The monoisotopic (exact) mass is 301 g/mol. The van der Waals surface area contributed by atoms with Gasteiger partial charge in [0, 0.05) is 29.4 Å². The Morgan fingerprint density at radius 2 is 2.19 bits per heavy atom. The lowest BCUT2D eigenvalue weighted by atomic mass is 10.0. The van der Waals surface area contributed by atoms with Crippen LogP contribution in [0.15, 0.2) is 39.6 Å². The highest BCUT2D eigenvalue weighted by atomic mass is 32.1. The molecule has 2 N–H and O–H groups in total. The molecule has 3 aromatic rings. The van der Waals surface area contributed by atoms with Crippen LogP contribution in [-0.2, 0) is 6.54 Å². The van der Waals surface area contributed by atoms with Gasteiger partial charge in [0.15, 0.2) is 0 Å². The number of nitrogens with zero attached hydrogens (tertiary/aromatic N) is 2. The quantitative estimate of drug-likeness (QED) is 0.785. The fourth-order valence-electron chi connectivity index (χ4n) is 2.80. The van der Waals surface area contributed by atoms with Crippen molar-refractivity contribution in [2.24, 2.45) is 5.73 Å². The van der Waals surface area contributed by atoms with Gasteiger partial charge >= 0.3 is 0 Å². The lowest BCUT2D eigenvalue weighted by Crippen LogP contribution is -2.30. The summed E-state index contributed by atoms with van der Waals surface area (Å²) in [5.41, 5.74) is 11.1. The number of likely N-dealkylation sites (N-methyl/N-ethyl adjacent to an activating group) is 1. The van der Waals surface area contributed by atoms with E-state index in [-0.39, 0.29) is 6.04 Å². The molecule has 2 aromatic heterocycles. The average Bonchev–Trinajstić information content (AvgIpc) is 3.08. The summed E-state index contributed by atoms with van der Waals surface area (Å²) in [6.07, 6.45) is 0. The number of benzene rings is 1. The molecule has 0 radical (unpaired) electrons. The van der Waals surface area contributed by atoms with Gasteiger partial charge in [-0.1, -0.05) is 18.2 Å². The Morgan fingerprint density at radius 3 is 2.90 bits per heavy atom. The molecule has 0 saturated carbocycles. The maximum atomic E-state index is 6.05. The Kier molecular flexibility index (Phi) is 4.05. The Labute approximate surface area is 128 Å². The van der Waals surface area contributed by atoms with Crippen LogP contribution in [0.2, 0.25) is 0 Å². The predicted octanol–water partition coefficient (Wildman–Crippen LogP) is 3.33. The largest absolute Gasteiger partial charge is 0.461 e. The SMILES string of the molecule is Cc1oc2ccccc2c1C(CN)N(C)Cc1cscn1. The summed E-state index contributed by atoms with van der Waals surface area (Å²) < 4.78 is 5.87. The van der Waals surface area contributed by atoms with E-state index in [0.717, 1.165) is 29.0 Å². The van der Waals surface area contributed by atoms with Crippen LogP contribution in [0.4, 0.5) is 0 Å². The van der Waals surface area contributed by atoms with Crippen LogP contribution in [-0.4, -0.2) is 23.5 Å². The third-order valence-electron chi connectivity index (χ3n) is 3.80. The van der Waals surface area contributed by atoms with Gasteiger partial charge in [0.25, 0.3) is 0 Å². The molecular weight excluding hydrogens is 282 g/mol. The molecule has 2 heterocycles. The van der Waals surface area contributed by atoms with Crippen molar-refractivity contribution in [2.75, 3.05) is 13.6 Å². The number of fused-ring (bicyclic) bond motifs is 1. The maximum absolute atomic E-state index is 6.05. The number of hydrogen-bond donors (Lipinski definition) is 1. The number of nitrogens with two attached hydrogens (primary N) is 1. The van der Waals surface area contributed by atoms with Gasteiger partial charge in [0.1, 0.15) is 11.3 Å². The van der Waals surface area contributed by atoms with E-state index in [1.807, 2.05) is 30.6 Å². The zero-order chi connectivity index (χ0) is 14.8. The first-order valence-corrected chi connectivity index (χ1v) is 7.90. The third-order valence-corrected chi connectivity index (χ3v) is 4.44. The van der Waals surface area contributed by atoms with E-state index in [4.69, 9.17) is 10.2 Å². The summed E-state index contributed by atoms with van der Waals surface area (Å²) in [7, 11) is 2.08. The van der Waals surface area contributed by atoms with E-state index in [1.54, 1.807) is 11.3 Å². The van der Waals surface area contributed by atoms with Gasteiger partial charge < -0.3 is 10.2 Å². The standard InChI is InChI=1S/C16H19N3OS/c1-11-16(13-5-3-4-6-15(13)20-11)14(7-17)19(2)8-12-9-21-10-18-12/h3-6,9-10,14H,7-8,17H2,1-2H3. The van der Waals surface area contributed by atoms with Gasteiger partial charge in [0.2, 0.25) is 0 Å². The fraction of sp³-hybridized carbons (Fsp3) is 0.312. The van der Waals surface area contributed by atoms with Gasteiger partial charge in [-0.05, 0) is 20.0 Å². The smallest absolute Gasteiger partial charge is 0.134 e. The highest BCUT2D eigenvalue weighted by molar-refractivity contribution is 7.07. The van der Waals surface area contributed by atoms with E-state index in [0.29, 0.717) is 6.54 Å². The number of aromatic nitrogens is 1. The second-order valence-corrected chi connectivity index (χ2v) is 5.93. The number of rotatable bonds is 5. The van der Waals surface area contributed by atoms with Gasteiger partial charge in [-0.15, -0.1) is 11.3 Å². The summed E-state index contributed by atoms with van der Waals surface area (Å²) in [6.45, 7) is 3.34. The van der Waals surface area contributed by atoms with Crippen molar-refractivity contribution in [1.82, 2.24) is 9.88 Å². The second kappa shape index (κ2) is 5.97. The number of hydrogen-bond acceptors (Lipinski definition) is 5. The molecule has 0 bridgehead atoms. The summed E-state index contributed by atoms with van der Waals surface area (Å²) in [5.74, 6) is 0.941. The Morgan fingerprint density at radius 1 is 1.38 bits per heavy atom. The van der Waals surface area contributed by atoms with E-state index in [1.165, 1.54) is 5.56 Å². The number of furan rings is 1. The molecule has 110 valence electrons.